The summed E-state index contributed by atoms with van der Waals surface area (Å²) in [5.74, 6) is -5.84. The third kappa shape index (κ3) is 14.7. The monoisotopic (exact) mass is 838 g/mol. The summed E-state index contributed by atoms with van der Waals surface area (Å²) in [7, 11) is 0. The molecule has 6 atom stereocenters. The number of benzene rings is 4. The van der Waals surface area contributed by atoms with E-state index in [9.17, 15) is 43.8 Å². The highest BCUT2D eigenvalue weighted by molar-refractivity contribution is 5.94. The molecule has 0 unspecified atom stereocenters. The zero-order chi connectivity index (χ0) is 44.8. The Bertz CT molecular complexity index is 2210. The van der Waals surface area contributed by atoms with E-state index in [1.807, 2.05) is 92.7 Å². The number of rotatable bonds is 22. The summed E-state index contributed by atoms with van der Waals surface area (Å²) in [6.07, 6.45) is -2.45. The first kappa shape index (κ1) is 47.3. The molecule has 0 bridgehead atoms. The summed E-state index contributed by atoms with van der Waals surface area (Å²) in [6.45, 7) is 8.48. The molecule has 0 spiro atoms. The van der Waals surface area contributed by atoms with E-state index in [4.69, 9.17) is 5.73 Å². The van der Waals surface area contributed by atoms with Crippen molar-refractivity contribution < 1.29 is 43.8 Å². The number of nitrogens with one attached hydrogen (secondary N) is 5. The van der Waals surface area contributed by atoms with Gasteiger partial charge in [-0.2, -0.15) is 0 Å². The molecule has 0 saturated carbocycles. The molecule has 0 fully saturated rings. The molecule has 4 aromatic carbocycles. The fourth-order valence-electron chi connectivity index (χ4n) is 7.16. The standard InChI is InChI=1S/C46H58N6O9/c1-26(2)20-36(50-46(61)42(27(3)4)52-45(60)38(48-28(5)53)24-30-15-17-32-11-7-9-13-34(32)22-30)39(54)25-40(55)49-35(18-19-41(56)57)44(59)51-37(43(47)58)23-29-14-16-31-10-6-8-12-33(31)21-29/h6-17,21-22,26-27,35-39,42,54H,18-20,23-25H2,1-5H3,(H2,47,58)(H,48,53)(H,49,55)(H,50,61)(H,51,59)(H,52,60)(H,56,57)/t35-,36+,37-,38-,39+,42-/m0/s1. The first-order valence-electron chi connectivity index (χ1n) is 20.5. The van der Waals surface area contributed by atoms with Crippen LogP contribution in [0.5, 0.6) is 0 Å². The summed E-state index contributed by atoms with van der Waals surface area (Å²) in [6, 6.07) is 20.9. The molecule has 0 heterocycles. The molecule has 4 aromatic rings. The molecule has 0 aliphatic carbocycles. The second-order valence-electron chi connectivity index (χ2n) is 16.3. The average molecular weight is 839 g/mol. The van der Waals surface area contributed by atoms with Gasteiger partial charge in [-0.1, -0.05) is 113 Å². The number of carbonyl (C=O) groups is 7. The average Bonchev–Trinajstić information content (AvgIpc) is 3.19. The molecule has 0 aliphatic heterocycles. The molecule has 4 rings (SSSR count). The van der Waals surface area contributed by atoms with E-state index >= 15 is 0 Å². The van der Waals surface area contributed by atoms with Gasteiger partial charge in [0.05, 0.1) is 18.6 Å². The zero-order valence-electron chi connectivity index (χ0n) is 35.3. The molecule has 0 saturated heterocycles. The number of aliphatic hydroxyl groups excluding tert-OH is 1. The van der Waals surface area contributed by atoms with Crippen molar-refractivity contribution >= 4 is 63.0 Å². The summed E-state index contributed by atoms with van der Waals surface area (Å²) in [5, 5.41) is 37.9. The summed E-state index contributed by atoms with van der Waals surface area (Å²) < 4.78 is 0. The number of primary amides is 1. The highest BCUT2D eigenvalue weighted by Gasteiger charge is 2.33. The lowest BCUT2D eigenvalue weighted by atomic mass is 9.95. The Morgan fingerprint density at radius 3 is 1.64 bits per heavy atom. The molecule has 0 aliphatic rings. The first-order valence-corrected chi connectivity index (χ1v) is 20.5. The van der Waals surface area contributed by atoms with E-state index in [0.29, 0.717) is 5.56 Å². The second-order valence-corrected chi connectivity index (χ2v) is 16.3. The molecule has 9 N–H and O–H groups in total. The lowest BCUT2D eigenvalue weighted by Crippen LogP contribution is -2.58. The maximum absolute atomic E-state index is 13.8. The van der Waals surface area contributed by atoms with Gasteiger partial charge in [0.25, 0.3) is 0 Å². The normalized spacial score (nSPS) is 14.3. The quantitative estimate of drug-likeness (QED) is 0.0579. The number of hydrogen-bond acceptors (Lipinski definition) is 8. The lowest BCUT2D eigenvalue weighted by Gasteiger charge is -2.30. The number of carboxylic acids is 1. The first-order chi connectivity index (χ1) is 28.9. The van der Waals surface area contributed by atoms with Crippen molar-refractivity contribution in [2.45, 2.75) is 109 Å². The van der Waals surface area contributed by atoms with Gasteiger partial charge >= 0.3 is 5.97 Å². The minimum absolute atomic E-state index is 0.0387. The maximum Gasteiger partial charge on any atom is 0.303 e. The van der Waals surface area contributed by atoms with Gasteiger partial charge in [0.15, 0.2) is 0 Å². The van der Waals surface area contributed by atoms with Crippen LogP contribution in [-0.4, -0.2) is 87.9 Å². The topological polar surface area (TPSA) is 246 Å². The van der Waals surface area contributed by atoms with Crippen molar-refractivity contribution in [2.75, 3.05) is 0 Å². The molecule has 61 heavy (non-hydrogen) atoms. The van der Waals surface area contributed by atoms with Gasteiger partial charge in [0.2, 0.25) is 35.4 Å². The number of carbonyl (C=O) groups excluding carboxylic acids is 6. The Morgan fingerprint density at radius 2 is 1.15 bits per heavy atom. The van der Waals surface area contributed by atoms with Crippen molar-refractivity contribution in [3.05, 3.63) is 96.1 Å². The minimum atomic E-state index is -1.47. The van der Waals surface area contributed by atoms with Crippen molar-refractivity contribution in [1.82, 2.24) is 26.6 Å². The Labute approximate surface area is 355 Å². The lowest BCUT2D eigenvalue weighted by molar-refractivity contribution is -0.138. The van der Waals surface area contributed by atoms with Crippen molar-refractivity contribution in [3.8, 4) is 0 Å². The van der Waals surface area contributed by atoms with Gasteiger partial charge in [0.1, 0.15) is 24.2 Å². The van der Waals surface area contributed by atoms with Gasteiger partial charge in [-0.25, -0.2) is 0 Å². The van der Waals surface area contributed by atoms with Crippen LogP contribution < -0.4 is 32.3 Å². The highest BCUT2D eigenvalue weighted by atomic mass is 16.4. The van der Waals surface area contributed by atoms with Crippen LogP contribution >= 0.6 is 0 Å². The smallest absolute Gasteiger partial charge is 0.303 e. The second kappa shape index (κ2) is 22.3. The third-order valence-corrected chi connectivity index (χ3v) is 10.3. The van der Waals surface area contributed by atoms with Crippen molar-refractivity contribution in [1.29, 1.82) is 0 Å². The number of carboxylic acid groups (broad SMARTS) is 1. The predicted molar refractivity (Wildman–Crippen MR) is 232 cm³/mol. The maximum atomic E-state index is 13.8. The van der Waals surface area contributed by atoms with Crippen LogP contribution in [0.1, 0.15) is 71.4 Å². The van der Waals surface area contributed by atoms with E-state index in [-0.39, 0.29) is 31.6 Å². The summed E-state index contributed by atoms with van der Waals surface area (Å²) in [4.78, 5) is 90.6. The van der Waals surface area contributed by atoms with Gasteiger partial charge in [-0.05, 0) is 57.3 Å². The largest absolute Gasteiger partial charge is 0.481 e. The van der Waals surface area contributed by atoms with Crippen LogP contribution in [0.2, 0.25) is 0 Å². The molecule has 6 amide bonds. The number of aliphatic hydroxyl groups is 1. The Morgan fingerprint density at radius 1 is 0.623 bits per heavy atom. The molecule has 326 valence electrons. The van der Waals surface area contributed by atoms with Crippen LogP contribution in [0.25, 0.3) is 21.5 Å². The van der Waals surface area contributed by atoms with Crippen molar-refractivity contribution in [2.24, 2.45) is 17.6 Å². The predicted octanol–water partition coefficient (Wildman–Crippen LogP) is 3.03. The minimum Gasteiger partial charge on any atom is -0.481 e. The molecular formula is C46H58N6O9. The SMILES string of the molecule is CC(=O)N[C@@H](Cc1ccc2ccccc2c1)C(=O)N[C@H](C(=O)N[C@H](CC(C)C)[C@H](O)CC(=O)N[C@@H](CCC(=O)O)C(=O)N[C@@H](Cc1ccc2ccccc2c1)C(N)=O)C(C)C. The van der Waals surface area contributed by atoms with E-state index < -0.39 is 96.5 Å². The third-order valence-electron chi connectivity index (χ3n) is 10.3. The number of amides is 6. The summed E-state index contributed by atoms with van der Waals surface area (Å²) >= 11 is 0. The Hall–Kier alpha value is -6.35. The summed E-state index contributed by atoms with van der Waals surface area (Å²) in [5.41, 5.74) is 7.16. The number of fused-ring (bicyclic) bond motifs is 2. The van der Waals surface area contributed by atoms with Crippen LogP contribution in [0.3, 0.4) is 0 Å². The number of hydrogen-bond donors (Lipinski definition) is 8. The van der Waals surface area contributed by atoms with Crippen LogP contribution in [0.4, 0.5) is 0 Å². The van der Waals surface area contributed by atoms with Crippen molar-refractivity contribution in [3.63, 3.8) is 0 Å². The van der Waals surface area contributed by atoms with Gasteiger partial charge in [0, 0.05) is 26.2 Å². The van der Waals surface area contributed by atoms with Gasteiger partial charge in [-0.15, -0.1) is 0 Å². The molecule has 15 heteroatoms. The van der Waals surface area contributed by atoms with Gasteiger partial charge in [-0.3, -0.25) is 33.6 Å². The fourth-order valence-corrected chi connectivity index (χ4v) is 7.16. The van der Waals surface area contributed by atoms with Crippen LogP contribution in [0.15, 0.2) is 84.9 Å². The molecule has 0 aromatic heterocycles. The Kier molecular flexibility index (Phi) is 17.3. The highest BCUT2D eigenvalue weighted by Crippen LogP contribution is 2.19. The fraction of sp³-hybridized carbons (Fsp3) is 0.413. The van der Waals surface area contributed by atoms with Crippen LogP contribution in [0, 0.1) is 11.8 Å². The zero-order valence-corrected chi connectivity index (χ0v) is 35.3. The van der Waals surface area contributed by atoms with E-state index in [1.54, 1.807) is 19.9 Å². The van der Waals surface area contributed by atoms with E-state index in [0.717, 1.165) is 27.1 Å². The van der Waals surface area contributed by atoms with Crippen LogP contribution in [-0.2, 0) is 46.4 Å². The van der Waals surface area contributed by atoms with E-state index in [1.165, 1.54) is 6.92 Å². The molecule has 15 nitrogen and oxygen atoms in total. The molecule has 0 radical (unpaired) electrons. The Balaban J connectivity index is 1.43. The van der Waals surface area contributed by atoms with E-state index in [2.05, 4.69) is 26.6 Å². The number of aliphatic carboxylic acids is 1. The van der Waals surface area contributed by atoms with Gasteiger partial charge < -0.3 is 42.5 Å². The number of nitrogens with two attached hydrogens (primary N) is 1. The molecular weight excluding hydrogens is 781 g/mol.